The third-order valence-electron chi connectivity index (χ3n) is 4.28. The Bertz CT molecular complexity index is 1030. The topological polar surface area (TPSA) is 64.0 Å². The second-order valence-electron chi connectivity index (χ2n) is 6.21. The summed E-state index contributed by atoms with van der Waals surface area (Å²) in [4.78, 5) is 28.9. The van der Waals surface area contributed by atoms with E-state index >= 15 is 0 Å². The quantitative estimate of drug-likeness (QED) is 0.700. The molecule has 3 rings (SSSR count). The third-order valence-corrected chi connectivity index (χ3v) is 4.58. The molecule has 0 fully saturated rings. The number of hydrogen-bond acceptors (Lipinski definition) is 3. The molecule has 0 aliphatic carbocycles. The Hall–Kier alpha value is -2.66. The molecular formula is C20H20ClN3O2. The smallest absolute Gasteiger partial charge is 0.252 e. The number of carbonyl (C=O) groups excluding carboxylic acids is 1. The van der Waals surface area contributed by atoms with Gasteiger partial charge in [-0.15, -0.1) is 0 Å². The van der Waals surface area contributed by atoms with Gasteiger partial charge in [-0.25, -0.2) is 0 Å². The molecule has 3 aromatic rings. The van der Waals surface area contributed by atoms with Crippen LogP contribution in [0.4, 0.5) is 0 Å². The van der Waals surface area contributed by atoms with Crippen LogP contribution in [0.15, 0.2) is 47.3 Å². The van der Waals surface area contributed by atoms with Crippen LogP contribution in [0.5, 0.6) is 0 Å². The highest BCUT2D eigenvalue weighted by Crippen LogP contribution is 2.25. The fraction of sp³-hybridized carbons (Fsp3) is 0.250. The fourth-order valence-electron chi connectivity index (χ4n) is 2.97. The molecule has 1 aromatic carbocycles. The average molecular weight is 370 g/mol. The maximum atomic E-state index is 12.6. The highest BCUT2D eigenvalue weighted by Gasteiger charge is 2.13. The molecule has 26 heavy (non-hydrogen) atoms. The summed E-state index contributed by atoms with van der Waals surface area (Å²) in [6.45, 7) is 4.77. The predicted molar refractivity (Wildman–Crippen MR) is 104 cm³/mol. The lowest BCUT2D eigenvalue weighted by molar-refractivity contribution is 0.0954. The van der Waals surface area contributed by atoms with E-state index in [0.717, 1.165) is 16.8 Å². The number of fused-ring (bicyclic) bond motifs is 1. The van der Waals surface area contributed by atoms with Crippen molar-refractivity contribution in [3.63, 3.8) is 0 Å². The number of halogens is 1. The number of carbonyl (C=O) groups is 1. The van der Waals surface area contributed by atoms with E-state index in [1.807, 2.05) is 32.0 Å². The van der Waals surface area contributed by atoms with Gasteiger partial charge in [0.1, 0.15) is 0 Å². The lowest BCUT2D eigenvalue weighted by Crippen LogP contribution is -2.28. The number of nitrogens with zero attached hydrogens (tertiary/aromatic N) is 2. The van der Waals surface area contributed by atoms with Gasteiger partial charge in [-0.3, -0.25) is 14.6 Å². The number of rotatable bonds is 5. The first-order valence-electron chi connectivity index (χ1n) is 8.48. The van der Waals surface area contributed by atoms with Crippen LogP contribution in [-0.4, -0.2) is 22.0 Å². The minimum Gasteiger partial charge on any atom is -0.352 e. The van der Waals surface area contributed by atoms with E-state index in [2.05, 4.69) is 10.3 Å². The first-order valence-corrected chi connectivity index (χ1v) is 8.85. The SMILES string of the molecule is Cc1cc(C(=O)NCCCn2c(C)cccc2=O)c2cccc(Cl)c2n1. The van der Waals surface area contributed by atoms with Crippen molar-refractivity contribution < 1.29 is 4.79 Å². The highest BCUT2D eigenvalue weighted by atomic mass is 35.5. The molecule has 0 aliphatic heterocycles. The summed E-state index contributed by atoms with van der Waals surface area (Å²) in [5.74, 6) is -0.167. The first-order chi connectivity index (χ1) is 12.5. The van der Waals surface area contributed by atoms with Crippen LogP contribution in [0.3, 0.4) is 0 Å². The van der Waals surface area contributed by atoms with E-state index in [-0.39, 0.29) is 11.5 Å². The van der Waals surface area contributed by atoms with Crippen molar-refractivity contribution in [2.75, 3.05) is 6.54 Å². The van der Waals surface area contributed by atoms with Crippen LogP contribution in [0.25, 0.3) is 10.9 Å². The van der Waals surface area contributed by atoms with Crippen LogP contribution in [0.1, 0.15) is 28.2 Å². The van der Waals surface area contributed by atoms with Crippen LogP contribution in [-0.2, 0) is 6.54 Å². The number of pyridine rings is 2. The van der Waals surface area contributed by atoms with E-state index in [4.69, 9.17) is 11.6 Å². The Kier molecular flexibility index (Phi) is 5.38. The summed E-state index contributed by atoms with van der Waals surface area (Å²) in [6.07, 6.45) is 0.666. The Morgan fingerprint density at radius 3 is 2.73 bits per heavy atom. The molecule has 1 N–H and O–H groups in total. The first kappa shape index (κ1) is 18.1. The Labute approximate surface area is 156 Å². The molecule has 2 heterocycles. The molecule has 0 unspecified atom stereocenters. The van der Waals surface area contributed by atoms with Crippen molar-refractivity contribution in [2.24, 2.45) is 0 Å². The van der Waals surface area contributed by atoms with Crippen molar-refractivity contribution >= 4 is 28.4 Å². The molecule has 0 atom stereocenters. The van der Waals surface area contributed by atoms with Gasteiger partial charge < -0.3 is 9.88 Å². The Balaban J connectivity index is 1.70. The predicted octanol–water partition coefficient (Wildman–Crippen LogP) is 3.49. The molecule has 1 amide bonds. The molecule has 0 saturated heterocycles. The molecule has 2 aromatic heterocycles. The summed E-state index contributed by atoms with van der Waals surface area (Å²) >= 11 is 6.20. The largest absolute Gasteiger partial charge is 0.352 e. The van der Waals surface area contributed by atoms with Crippen molar-refractivity contribution in [2.45, 2.75) is 26.8 Å². The van der Waals surface area contributed by atoms with Gasteiger partial charge in [0, 0.05) is 35.9 Å². The van der Waals surface area contributed by atoms with Gasteiger partial charge in [-0.05, 0) is 38.5 Å². The molecule has 5 nitrogen and oxygen atoms in total. The summed E-state index contributed by atoms with van der Waals surface area (Å²) in [5.41, 5.74) is 2.81. The van der Waals surface area contributed by atoms with Crippen molar-refractivity contribution in [3.8, 4) is 0 Å². The Morgan fingerprint density at radius 2 is 1.96 bits per heavy atom. The number of aromatic nitrogens is 2. The summed E-state index contributed by atoms with van der Waals surface area (Å²) in [7, 11) is 0. The normalized spacial score (nSPS) is 10.9. The number of para-hydroxylation sites is 1. The monoisotopic (exact) mass is 369 g/mol. The lowest BCUT2D eigenvalue weighted by atomic mass is 10.1. The van der Waals surface area contributed by atoms with E-state index in [1.165, 1.54) is 0 Å². The molecule has 6 heteroatoms. The summed E-state index contributed by atoms with van der Waals surface area (Å²) < 4.78 is 1.71. The number of aryl methyl sites for hydroxylation is 2. The van der Waals surface area contributed by atoms with Crippen LogP contribution >= 0.6 is 11.6 Å². The molecule has 0 bridgehead atoms. The maximum Gasteiger partial charge on any atom is 0.252 e. The second-order valence-corrected chi connectivity index (χ2v) is 6.62. The van der Waals surface area contributed by atoms with E-state index in [1.54, 1.807) is 28.8 Å². The van der Waals surface area contributed by atoms with Gasteiger partial charge in [-0.2, -0.15) is 0 Å². The van der Waals surface area contributed by atoms with Gasteiger partial charge in [0.05, 0.1) is 16.1 Å². The van der Waals surface area contributed by atoms with Crippen LogP contribution in [0, 0.1) is 13.8 Å². The highest BCUT2D eigenvalue weighted by molar-refractivity contribution is 6.35. The Morgan fingerprint density at radius 1 is 1.19 bits per heavy atom. The molecule has 0 spiro atoms. The maximum absolute atomic E-state index is 12.6. The van der Waals surface area contributed by atoms with Crippen LogP contribution in [0.2, 0.25) is 5.02 Å². The van der Waals surface area contributed by atoms with Gasteiger partial charge >= 0.3 is 0 Å². The second kappa shape index (κ2) is 7.70. The third kappa shape index (κ3) is 3.78. The van der Waals surface area contributed by atoms with E-state index in [0.29, 0.717) is 35.6 Å². The zero-order valence-electron chi connectivity index (χ0n) is 14.8. The van der Waals surface area contributed by atoms with E-state index < -0.39 is 0 Å². The molecule has 0 radical (unpaired) electrons. The van der Waals surface area contributed by atoms with Crippen molar-refractivity contribution in [1.82, 2.24) is 14.9 Å². The molecule has 0 aliphatic rings. The zero-order chi connectivity index (χ0) is 18.7. The van der Waals surface area contributed by atoms with Crippen LogP contribution < -0.4 is 10.9 Å². The molecule has 134 valence electrons. The number of amides is 1. The average Bonchev–Trinajstić information content (AvgIpc) is 2.60. The number of benzene rings is 1. The minimum absolute atomic E-state index is 0.0262. The van der Waals surface area contributed by atoms with Gasteiger partial charge in [0.15, 0.2) is 0 Å². The zero-order valence-corrected chi connectivity index (χ0v) is 15.5. The van der Waals surface area contributed by atoms with Gasteiger partial charge in [0.2, 0.25) is 0 Å². The van der Waals surface area contributed by atoms with Gasteiger partial charge in [-0.1, -0.05) is 29.8 Å². The summed E-state index contributed by atoms with van der Waals surface area (Å²) in [6, 6.07) is 12.4. The standard InChI is InChI=1S/C20H20ClN3O2/c1-13-12-16(15-7-4-8-17(21)19(15)23-13)20(26)22-10-5-11-24-14(2)6-3-9-18(24)25/h3-4,6-9,12H,5,10-11H2,1-2H3,(H,22,26). The minimum atomic E-state index is -0.167. The fourth-order valence-corrected chi connectivity index (χ4v) is 3.19. The van der Waals surface area contributed by atoms with Gasteiger partial charge in [0.25, 0.3) is 11.5 Å². The summed E-state index contributed by atoms with van der Waals surface area (Å²) in [5, 5.41) is 4.18. The molecule has 0 saturated carbocycles. The van der Waals surface area contributed by atoms with E-state index in [9.17, 15) is 9.59 Å². The number of nitrogens with one attached hydrogen (secondary N) is 1. The van der Waals surface area contributed by atoms with Crippen molar-refractivity contribution in [3.05, 3.63) is 74.8 Å². The van der Waals surface area contributed by atoms with Crippen molar-refractivity contribution in [1.29, 1.82) is 0 Å². The molecular weight excluding hydrogens is 350 g/mol. The number of hydrogen-bond donors (Lipinski definition) is 1. The lowest BCUT2D eigenvalue weighted by Gasteiger charge is -2.11.